The molecule has 1 N–H and O–H groups in total. The van der Waals surface area contributed by atoms with Crippen LogP contribution in [-0.2, 0) is 12.3 Å². The van der Waals surface area contributed by atoms with Crippen LogP contribution in [0.2, 0.25) is 0 Å². The van der Waals surface area contributed by atoms with Crippen LogP contribution in [0.15, 0.2) is 11.6 Å². The van der Waals surface area contributed by atoms with E-state index < -0.39 is 0 Å². The molecule has 0 aromatic carbocycles. The van der Waals surface area contributed by atoms with Gasteiger partial charge in [-0.25, -0.2) is 9.97 Å². The van der Waals surface area contributed by atoms with Crippen molar-refractivity contribution in [2.24, 2.45) is 0 Å². The number of nitrogens with one attached hydrogen (secondary N) is 1. The van der Waals surface area contributed by atoms with Gasteiger partial charge in [-0.3, -0.25) is 0 Å². The van der Waals surface area contributed by atoms with Gasteiger partial charge in [-0.2, -0.15) is 0 Å². The Bertz CT molecular complexity index is 421. The monoisotopic (exact) mass is 227 g/mol. The second kappa shape index (κ2) is 4.11. The molecular weight excluding hydrogens is 218 g/mol. The molecule has 0 saturated carbocycles. The fourth-order valence-corrected chi connectivity index (χ4v) is 2.10. The van der Waals surface area contributed by atoms with Crippen LogP contribution in [0.25, 0.3) is 0 Å². The summed E-state index contributed by atoms with van der Waals surface area (Å²) in [7, 11) is 0. The first-order valence-electron chi connectivity index (χ1n) is 4.27. The summed E-state index contributed by atoms with van der Waals surface area (Å²) in [4.78, 5) is 11.7. The van der Waals surface area contributed by atoms with Crippen LogP contribution in [-0.4, -0.2) is 15.0 Å². The van der Waals surface area contributed by atoms with Crippen molar-refractivity contribution in [3.8, 4) is 0 Å². The molecule has 0 aliphatic carbocycles. The zero-order valence-corrected chi connectivity index (χ0v) is 9.32. The van der Waals surface area contributed by atoms with E-state index >= 15 is 0 Å². The molecular formula is C9H10ClN3S. The lowest BCUT2D eigenvalue weighted by molar-refractivity contribution is 0.989. The van der Waals surface area contributed by atoms with Gasteiger partial charge in [-0.15, -0.1) is 22.9 Å². The first-order chi connectivity index (χ1) is 6.78. The summed E-state index contributed by atoms with van der Waals surface area (Å²) in [6, 6.07) is 0. The average Bonchev–Trinajstić information content (AvgIpc) is 2.76. The van der Waals surface area contributed by atoms with Crippen molar-refractivity contribution in [3.05, 3.63) is 33.8 Å². The summed E-state index contributed by atoms with van der Waals surface area (Å²) < 4.78 is 0. The molecule has 0 aliphatic rings. The van der Waals surface area contributed by atoms with E-state index in [0.29, 0.717) is 5.88 Å². The molecule has 0 unspecified atom stereocenters. The van der Waals surface area contributed by atoms with E-state index in [9.17, 15) is 0 Å². The van der Waals surface area contributed by atoms with Crippen molar-refractivity contribution in [1.29, 1.82) is 0 Å². The number of rotatable bonds is 3. The summed E-state index contributed by atoms with van der Waals surface area (Å²) in [6.07, 6.45) is 2.53. The quantitative estimate of drug-likeness (QED) is 0.819. The maximum Gasteiger partial charge on any atom is 0.113 e. The number of aromatic nitrogens is 3. The third kappa shape index (κ3) is 2.13. The number of thiazole rings is 1. The number of aromatic amines is 1. The Labute approximate surface area is 91.2 Å². The molecule has 14 heavy (non-hydrogen) atoms. The summed E-state index contributed by atoms with van der Waals surface area (Å²) in [6.45, 7) is 1.99. The van der Waals surface area contributed by atoms with Gasteiger partial charge >= 0.3 is 0 Å². The van der Waals surface area contributed by atoms with Crippen LogP contribution in [0.1, 0.15) is 22.2 Å². The minimum Gasteiger partial charge on any atom is -0.345 e. The van der Waals surface area contributed by atoms with Gasteiger partial charge in [0, 0.05) is 23.0 Å². The smallest absolute Gasteiger partial charge is 0.113 e. The van der Waals surface area contributed by atoms with Gasteiger partial charge in [0.15, 0.2) is 0 Å². The largest absolute Gasteiger partial charge is 0.345 e. The summed E-state index contributed by atoms with van der Waals surface area (Å²) >= 11 is 7.32. The molecule has 74 valence electrons. The SMILES string of the molecule is Cc1csc(Cc2ncc(CCl)[nH]2)n1. The van der Waals surface area contributed by atoms with E-state index in [1.807, 2.05) is 12.3 Å². The van der Waals surface area contributed by atoms with Crippen molar-refractivity contribution in [3.63, 3.8) is 0 Å². The normalized spacial score (nSPS) is 10.7. The highest BCUT2D eigenvalue weighted by molar-refractivity contribution is 7.09. The van der Waals surface area contributed by atoms with Crippen LogP contribution in [0.3, 0.4) is 0 Å². The molecule has 0 spiro atoms. The Balaban J connectivity index is 2.10. The molecule has 2 rings (SSSR count). The second-order valence-corrected chi connectivity index (χ2v) is 4.26. The third-order valence-corrected chi connectivity index (χ3v) is 3.06. The Hall–Kier alpha value is -0.870. The van der Waals surface area contributed by atoms with E-state index in [4.69, 9.17) is 11.6 Å². The van der Waals surface area contributed by atoms with E-state index in [1.54, 1.807) is 17.5 Å². The van der Waals surface area contributed by atoms with E-state index in [0.717, 1.165) is 28.6 Å². The minimum atomic E-state index is 0.476. The molecule has 3 nitrogen and oxygen atoms in total. The molecule has 0 atom stereocenters. The number of nitrogens with zero attached hydrogens (tertiary/aromatic N) is 2. The summed E-state index contributed by atoms with van der Waals surface area (Å²) in [5.74, 6) is 1.40. The van der Waals surface area contributed by atoms with Crippen LogP contribution >= 0.6 is 22.9 Å². The maximum atomic E-state index is 5.66. The lowest BCUT2D eigenvalue weighted by atomic mass is 10.4. The van der Waals surface area contributed by atoms with Crippen LogP contribution in [0.5, 0.6) is 0 Å². The molecule has 2 aromatic rings. The molecule has 0 radical (unpaired) electrons. The lowest BCUT2D eigenvalue weighted by Gasteiger charge is -1.91. The van der Waals surface area contributed by atoms with Gasteiger partial charge in [0.2, 0.25) is 0 Å². The van der Waals surface area contributed by atoms with Crippen molar-refractivity contribution in [2.75, 3.05) is 0 Å². The molecule has 0 fully saturated rings. The molecule has 0 saturated heterocycles. The van der Waals surface area contributed by atoms with E-state index in [-0.39, 0.29) is 0 Å². The molecule has 5 heteroatoms. The zero-order chi connectivity index (χ0) is 9.97. The Kier molecular flexibility index (Phi) is 2.84. The molecule has 2 heterocycles. The van der Waals surface area contributed by atoms with Crippen LogP contribution in [0.4, 0.5) is 0 Å². The highest BCUT2D eigenvalue weighted by atomic mass is 35.5. The van der Waals surface area contributed by atoms with Crippen LogP contribution in [0, 0.1) is 6.92 Å². The van der Waals surface area contributed by atoms with Crippen molar-refractivity contribution in [1.82, 2.24) is 15.0 Å². The van der Waals surface area contributed by atoms with E-state index in [1.165, 1.54) is 0 Å². The standard InChI is InChI=1S/C9H10ClN3S/c1-6-5-14-9(12-6)2-8-11-4-7(3-10)13-8/h4-5H,2-3H2,1H3,(H,11,13). The number of imidazole rings is 1. The van der Waals surface area contributed by atoms with Gasteiger partial charge in [0.25, 0.3) is 0 Å². The first-order valence-corrected chi connectivity index (χ1v) is 5.69. The molecule has 2 aromatic heterocycles. The molecule has 0 aliphatic heterocycles. The highest BCUT2D eigenvalue weighted by Gasteiger charge is 2.04. The topological polar surface area (TPSA) is 41.6 Å². The van der Waals surface area contributed by atoms with Crippen molar-refractivity contribution < 1.29 is 0 Å². The number of aryl methyl sites for hydroxylation is 1. The lowest BCUT2D eigenvalue weighted by Crippen LogP contribution is -1.90. The van der Waals surface area contributed by atoms with Crippen LogP contribution < -0.4 is 0 Å². The molecule has 0 amide bonds. The Morgan fingerprint density at radius 3 is 3.00 bits per heavy atom. The number of alkyl halides is 1. The Morgan fingerprint density at radius 2 is 2.43 bits per heavy atom. The fraction of sp³-hybridized carbons (Fsp3) is 0.333. The predicted octanol–water partition coefficient (Wildman–Crippen LogP) is 2.50. The minimum absolute atomic E-state index is 0.476. The highest BCUT2D eigenvalue weighted by Crippen LogP contribution is 2.12. The van der Waals surface area contributed by atoms with Gasteiger partial charge in [-0.1, -0.05) is 0 Å². The predicted molar refractivity (Wildman–Crippen MR) is 57.8 cm³/mol. The summed E-state index contributed by atoms with van der Waals surface area (Å²) in [5.41, 5.74) is 2.02. The number of hydrogen-bond acceptors (Lipinski definition) is 3. The maximum absolute atomic E-state index is 5.66. The van der Waals surface area contributed by atoms with Gasteiger partial charge < -0.3 is 4.98 Å². The Morgan fingerprint density at radius 1 is 1.57 bits per heavy atom. The third-order valence-electron chi connectivity index (χ3n) is 1.81. The van der Waals surface area contributed by atoms with Gasteiger partial charge in [0.05, 0.1) is 12.3 Å². The van der Waals surface area contributed by atoms with Gasteiger partial charge in [0.1, 0.15) is 10.8 Å². The number of hydrogen-bond donors (Lipinski definition) is 1. The second-order valence-electron chi connectivity index (χ2n) is 3.05. The number of halogens is 1. The summed E-state index contributed by atoms with van der Waals surface area (Å²) in [5, 5.41) is 3.12. The zero-order valence-electron chi connectivity index (χ0n) is 7.75. The average molecular weight is 228 g/mol. The van der Waals surface area contributed by atoms with Gasteiger partial charge in [-0.05, 0) is 6.92 Å². The molecule has 0 bridgehead atoms. The van der Waals surface area contributed by atoms with Crippen molar-refractivity contribution in [2.45, 2.75) is 19.2 Å². The fourth-order valence-electron chi connectivity index (χ4n) is 1.19. The first kappa shape index (κ1) is 9.68. The number of H-pyrrole nitrogens is 1. The van der Waals surface area contributed by atoms with Crippen molar-refractivity contribution >= 4 is 22.9 Å². The van der Waals surface area contributed by atoms with E-state index in [2.05, 4.69) is 15.0 Å².